The van der Waals surface area contributed by atoms with Gasteiger partial charge in [0.05, 0.1) is 0 Å². The second-order valence-corrected chi connectivity index (χ2v) is 6.32. The number of unbranched alkanes of at least 4 members (excludes halogenated alkanes) is 10. The van der Waals surface area contributed by atoms with Crippen LogP contribution in [0.15, 0.2) is 12.4 Å². The van der Waals surface area contributed by atoms with Crippen LogP contribution in [0.3, 0.4) is 0 Å². The molecule has 0 saturated carbocycles. The Balaban J connectivity index is 1.95. The van der Waals surface area contributed by atoms with Crippen LogP contribution < -0.4 is 0 Å². The zero-order valence-electron chi connectivity index (χ0n) is 14.4. The fourth-order valence-electron chi connectivity index (χ4n) is 2.88. The highest BCUT2D eigenvalue weighted by Gasteiger charge is 2.01. The minimum Gasteiger partial charge on any atom is -0.335 e. The van der Waals surface area contributed by atoms with Gasteiger partial charge in [-0.15, -0.1) is 0 Å². The number of nitrogens with zero attached hydrogens (tertiary/aromatic N) is 2. The third-order valence-electron chi connectivity index (χ3n) is 4.31. The molecule has 0 aromatic carbocycles. The predicted octanol–water partition coefficient (Wildman–Crippen LogP) is 6.15. The van der Waals surface area contributed by atoms with E-state index >= 15 is 0 Å². The topological polar surface area (TPSA) is 17.8 Å². The molecule has 0 radical (unpaired) electrons. The van der Waals surface area contributed by atoms with Crippen molar-refractivity contribution in [3.05, 3.63) is 18.2 Å². The van der Waals surface area contributed by atoms with E-state index in [1.54, 1.807) is 0 Å². The van der Waals surface area contributed by atoms with Crippen molar-refractivity contribution in [2.75, 3.05) is 0 Å². The molecule has 0 saturated heterocycles. The standard InChI is InChI=1S/C19H36N2/c1-3-5-7-8-9-10-11-12-13-14-17-21-18-16-20-19(21)15-6-4-2/h16,18H,3-15,17H2,1-2H3. The summed E-state index contributed by atoms with van der Waals surface area (Å²) in [7, 11) is 0. The number of rotatable bonds is 14. The second kappa shape index (κ2) is 12.9. The van der Waals surface area contributed by atoms with Gasteiger partial charge in [0.1, 0.15) is 5.82 Å². The van der Waals surface area contributed by atoms with Gasteiger partial charge in [-0.3, -0.25) is 0 Å². The Morgan fingerprint density at radius 2 is 1.33 bits per heavy atom. The highest BCUT2D eigenvalue weighted by molar-refractivity contribution is 4.92. The average Bonchev–Trinajstić information content (AvgIpc) is 2.94. The third-order valence-corrected chi connectivity index (χ3v) is 4.31. The first-order chi connectivity index (χ1) is 10.4. The molecule has 2 nitrogen and oxygen atoms in total. The van der Waals surface area contributed by atoms with Crippen molar-refractivity contribution in [2.45, 2.75) is 104 Å². The van der Waals surface area contributed by atoms with Gasteiger partial charge in [0.2, 0.25) is 0 Å². The van der Waals surface area contributed by atoms with Gasteiger partial charge >= 0.3 is 0 Å². The van der Waals surface area contributed by atoms with E-state index in [-0.39, 0.29) is 0 Å². The first kappa shape index (κ1) is 18.3. The molecule has 2 heteroatoms. The Morgan fingerprint density at radius 1 is 0.762 bits per heavy atom. The molecule has 21 heavy (non-hydrogen) atoms. The van der Waals surface area contributed by atoms with Crippen LogP contribution in [0.25, 0.3) is 0 Å². The maximum atomic E-state index is 4.48. The van der Waals surface area contributed by atoms with E-state index in [0.717, 1.165) is 13.0 Å². The van der Waals surface area contributed by atoms with Crippen molar-refractivity contribution >= 4 is 0 Å². The lowest BCUT2D eigenvalue weighted by Crippen LogP contribution is -2.03. The number of hydrogen-bond donors (Lipinski definition) is 0. The van der Waals surface area contributed by atoms with Gasteiger partial charge in [0.15, 0.2) is 0 Å². The molecule has 0 atom stereocenters. The molecule has 0 unspecified atom stereocenters. The van der Waals surface area contributed by atoms with Gasteiger partial charge in [-0.2, -0.15) is 0 Å². The summed E-state index contributed by atoms with van der Waals surface area (Å²) in [5.74, 6) is 1.28. The molecule has 1 rings (SSSR count). The van der Waals surface area contributed by atoms with Gasteiger partial charge in [0, 0.05) is 25.4 Å². The Hall–Kier alpha value is -0.790. The maximum absolute atomic E-state index is 4.48. The summed E-state index contributed by atoms with van der Waals surface area (Å²) in [4.78, 5) is 4.48. The summed E-state index contributed by atoms with van der Waals surface area (Å²) in [6, 6.07) is 0. The van der Waals surface area contributed by atoms with E-state index in [9.17, 15) is 0 Å². The number of aromatic nitrogens is 2. The van der Waals surface area contributed by atoms with Gasteiger partial charge in [0.25, 0.3) is 0 Å². The van der Waals surface area contributed by atoms with Gasteiger partial charge in [-0.25, -0.2) is 4.98 Å². The molecule has 1 aromatic rings. The molecular formula is C19H36N2. The van der Waals surface area contributed by atoms with Crippen LogP contribution in [0.5, 0.6) is 0 Å². The normalized spacial score (nSPS) is 11.1. The predicted molar refractivity (Wildman–Crippen MR) is 92.7 cm³/mol. The van der Waals surface area contributed by atoms with Crippen LogP contribution in [0.4, 0.5) is 0 Å². The van der Waals surface area contributed by atoms with E-state index in [2.05, 4.69) is 29.6 Å². The fraction of sp³-hybridized carbons (Fsp3) is 0.842. The molecule has 0 aliphatic rings. The van der Waals surface area contributed by atoms with Gasteiger partial charge in [-0.05, 0) is 12.8 Å². The van der Waals surface area contributed by atoms with Crippen LogP contribution in [0.1, 0.15) is 96.7 Å². The molecule has 1 aromatic heterocycles. The molecule has 122 valence electrons. The van der Waals surface area contributed by atoms with Gasteiger partial charge in [-0.1, -0.05) is 78.1 Å². The van der Waals surface area contributed by atoms with E-state index in [0.29, 0.717) is 0 Å². The van der Waals surface area contributed by atoms with Gasteiger partial charge < -0.3 is 4.57 Å². The third kappa shape index (κ3) is 8.95. The second-order valence-electron chi connectivity index (χ2n) is 6.32. The molecule has 0 amide bonds. The lowest BCUT2D eigenvalue weighted by molar-refractivity contribution is 0.526. The number of aryl methyl sites for hydroxylation is 2. The molecule has 0 bridgehead atoms. The quantitative estimate of drug-likeness (QED) is 0.376. The zero-order valence-corrected chi connectivity index (χ0v) is 14.4. The van der Waals surface area contributed by atoms with Crippen LogP contribution in [0, 0.1) is 0 Å². The summed E-state index contributed by atoms with van der Waals surface area (Å²) in [5.41, 5.74) is 0. The fourth-order valence-corrected chi connectivity index (χ4v) is 2.88. The molecule has 0 fully saturated rings. The van der Waals surface area contributed by atoms with Crippen molar-refractivity contribution in [3.8, 4) is 0 Å². The van der Waals surface area contributed by atoms with Crippen LogP contribution >= 0.6 is 0 Å². The van der Waals surface area contributed by atoms with E-state index in [1.807, 2.05) is 6.20 Å². The largest absolute Gasteiger partial charge is 0.335 e. The first-order valence-electron chi connectivity index (χ1n) is 9.38. The minimum absolute atomic E-state index is 1.14. The lowest BCUT2D eigenvalue weighted by atomic mass is 10.1. The number of imidazole rings is 1. The van der Waals surface area contributed by atoms with E-state index in [4.69, 9.17) is 0 Å². The Morgan fingerprint density at radius 3 is 1.95 bits per heavy atom. The van der Waals surface area contributed by atoms with Crippen LogP contribution in [0.2, 0.25) is 0 Å². The van der Waals surface area contributed by atoms with Crippen molar-refractivity contribution in [1.29, 1.82) is 0 Å². The summed E-state index contributed by atoms with van der Waals surface area (Å²) in [5, 5.41) is 0. The van der Waals surface area contributed by atoms with Crippen molar-refractivity contribution in [1.82, 2.24) is 9.55 Å². The minimum atomic E-state index is 1.14. The Labute approximate surface area is 132 Å². The molecule has 0 aliphatic heterocycles. The molecular weight excluding hydrogens is 256 g/mol. The maximum Gasteiger partial charge on any atom is 0.108 e. The highest BCUT2D eigenvalue weighted by atomic mass is 15.1. The number of hydrogen-bond acceptors (Lipinski definition) is 1. The lowest BCUT2D eigenvalue weighted by Gasteiger charge is -2.07. The molecule has 0 aliphatic carbocycles. The van der Waals surface area contributed by atoms with Crippen molar-refractivity contribution in [2.24, 2.45) is 0 Å². The first-order valence-corrected chi connectivity index (χ1v) is 9.38. The zero-order chi connectivity index (χ0) is 15.2. The van der Waals surface area contributed by atoms with Crippen LogP contribution in [-0.2, 0) is 13.0 Å². The molecule has 1 heterocycles. The summed E-state index contributed by atoms with van der Waals surface area (Å²) in [6.45, 7) is 5.69. The molecule has 0 spiro atoms. The molecule has 0 N–H and O–H groups in total. The van der Waals surface area contributed by atoms with Crippen molar-refractivity contribution in [3.63, 3.8) is 0 Å². The average molecular weight is 293 g/mol. The van der Waals surface area contributed by atoms with E-state index in [1.165, 1.54) is 82.9 Å². The Bertz CT molecular complexity index is 330. The van der Waals surface area contributed by atoms with E-state index < -0.39 is 0 Å². The summed E-state index contributed by atoms with van der Waals surface area (Å²) >= 11 is 0. The smallest absolute Gasteiger partial charge is 0.108 e. The highest BCUT2D eigenvalue weighted by Crippen LogP contribution is 2.11. The SMILES string of the molecule is CCCCCCCCCCCCn1ccnc1CCCC. The Kier molecular flexibility index (Phi) is 11.2. The van der Waals surface area contributed by atoms with Crippen LogP contribution in [-0.4, -0.2) is 9.55 Å². The summed E-state index contributed by atoms with van der Waals surface area (Å²) in [6.07, 6.45) is 21.8. The summed E-state index contributed by atoms with van der Waals surface area (Å²) < 4.78 is 2.36. The monoisotopic (exact) mass is 292 g/mol. The van der Waals surface area contributed by atoms with Crippen molar-refractivity contribution < 1.29 is 0 Å².